The van der Waals surface area contributed by atoms with Crippen LogP contribution in [0.2, 0.25) is 0 Å². The van der Waals surface area contributed by atoms with Crippen molar-refractivity contribution in [1.82, 2.24) is 49.0 Å². The number of methoxy groups -OCH3 is 2. The number of β-amino-alcohol motifs (C(OH)–C–C–N with tert-alkyl or cyclic N) is 2. The first-order valence-corrected chi connectivity index (χ1v) is 27.4. The summed E-state index contributed by atoms with van der Waals surface area (Å²) in [5, 5.41) is 93.8. The van der Waals surface area contributed by atoms with Crippen molar-refractivity contribution in [3.8, 4) is 0 Å². The van der Waals surface area contributed by atoms with E-state index in [1.54, 1.807) is 43.6 Å². The number of hydrogen-bond donors (Lipinski definition) is 2. The second kappa shape index (κ2) is 50.7. The first-order chi connectivity index (χ1) is 38.3. The molecule has 0 aromatic carbocycles. The summed E-state index contributed by atoms with van der Waals surface area (Å²) < 4.78 is 33.0. The Morgan fingerprint density at radius 2 is 0.537 bits per heavy atom. The molecule has 32 heteroatoms. The van der Waals surface area contributed by atoms with Gasteiger partial charge in [-0.2, -0.15) is 0 Å². The largest absolute Gasteiger partial charge is 3.00 e. The van der Waals surface area contributed by atoms with Gasteiger partial charge in [-0.15, -0.1) is 0 Å². The molecular formula is C50H90Gd2N10O20. The van der Waals surface area contributed by atoms with Crippen LogP contribution in [0.1, 0.15) is 0 Å². The summed E-state index contributed by atoms with van der Waals surface area (Å²) >= 11 is 0. The van der Waals surface area contributed by atoms with E-state index in [0.717, 1.165) is 0 Å². The fourth-order valence-electron chi connectivity index (χ4n) is 9.06. The van der Waals surface area contributed by atoms with Gasteiger partial charge in [0.05, 0.1) is 114 Å². The Hall–Kier alpha value is -1.25. The minimum atomic E-state index is -1.33. The molecular weight excluding hydrogens is 1380 g/mol. The molecule has 0 aromatic heterocycles. The zero-order chi connectivity index (χ0) is 58.9. The third kappa shape index (κ3) is 44.2. The van der Waals surface area contributed by atoms with Crippen LogP contribution in [-0.4, -0.2) is 384 Å². The van der Waals surface area contributed by atoms with E-state index in [1.165, 1.54) is 0 Å². The monoisotopic (exact) mass is 1470 g/mol. The van der Waals surface area contributed by atoms with Crippen LogP contribution in [0.5, 0.6) is 0 Å². The standard InChI is InChI=1S/C50H96N10O20.2Gd/c1-75-25-27-79-31-29-77-23-21-59(35-43(61)33-51-3-7-53(37-45(63)64)11-15-57(41-49(71)72)16-12-54(8-4-51)38-46(65)66)19-20-60(22-24-78-30-32-80-28-26-76-2)36-44(62)34-52-5-9-55(39-47(67)68)13-17-58(42-50(73)74)18-14-56(10-6-52)40-48(69)70;;/h43-44,61-62H,3-42H2,1-2H3,(H,63,64)(H,65,66)(H,67,68)(H,69,70)(H,71,72)(H,73,74);;/q;2*+3/p-6. The minimum Gasteiger partial charge on any atom is -0.549 e. The van der Waals surface area contributed by atoms with Crippen molar-refractivity contribution in [3.05, 3.63) is 0 Å². The summed E-state index contributed by atoms with van der Waals surface area (Å²) in [7, 11) is 3.14. The average molecular weight is 1470 g/mol. The Balaban J connectivity index is 0.0000328. The Morgan fingerprint density at radius 1 is 0.341 bits per heavy atom. The third-order valence-electron chi connectivity index (χ3n) is 13.3. The van der Waals surface area contributed by atoms with Crippen molar-refractivity contribution in [3.63, 3.8) is 0 Å². The Kier molecular flexibility index (Phi) is 49.9. The number of ether oxygens (including phenoxy) is 6. The van der Waals surface area contributed by atoms with Crippen molar-refractivity contribution in [2.45, 2.75) is 12.2 Å². The van der Waals surface area contributed by atoms with E-state index in [2.05, 4.69) is 0 Å². The first-order valence-electron chi connectivity index (χ1n) is 27.4. The molecule has 0 bridgehead atoms. The molecule has 2 aliphatic heterocycles. The van der Waals surface area contributed by atoms with Crippen molar-refractivity contribution in [2.75, 3.05) is 277 Å². The van der Waals surface area contributed by atoms with E-state index in [4.69, 9.17) is 28.4 Å². The number of hydrogen-bond acceptors (Lipinski definition) is 30. The molecule has 476 valence electrons. The fraction of sp³-hybridized carbons (Fsp3) is 0.880. The maximum Gasteiger partial charge on any atom is 3.00 e. The van der Waals surface area contributed by atoms with Gasteiger partial charge >= 0.3 is 79.9 Å². The molecule has 0 amide bonds. The molecule has 0 spiro atoms. The number of aliphatic carboxylic acids is 6. The van der Waals surface area contributed by atoms with Crippen LogP contribution in [0.25, 0.3) is 0 Å². The van der Waals surface area contributed by atoms with Crippen LogP contribution in [0.4, 0.5) is 0 Å². The minimum absolute atomic E-state index is 0. The van der Waals surface area contributed by atoms with Gasteiger partial charge in [0, 0.05) is 211 Å². The van der Waals surface area contributed by atoms with Crippen LogP contribution < -0.4 is 30.6 Å². The number of carbonyl (C=O) groups excluding carboxylic acids is 6. The summed E-state index contributed by atoms with van der Waals surface area (Å²) in [6, 6.07) is 0. The van der Waals surface area contributed by atoms with Crippen LogP contribution in [-0.2, 0) is 57.2 Å². The Morgan fingerprint density at radius 3 is 0.744 bits per heavy atom. The molecule has 0 aromatic rings. The maximum absolute atomic E-state index is 11.8. The zero-order valence-corrected chi connectivity index (χ0v) is 52.4. The summed E-state index contributed by atoms with van der Waals surface area (Å²) in [4.78, 5) is 87.6. The molecule has 2 saturated heterocycles. The Bertz CT molecular complexity index is 1540. The van der Waals surface area contributed by atoms with E-state index in [0.29, 0.717) is 79.0 Å². The first kappa shape index (κ1) is 80.7. The maximum atomic E-state index is 11.8. The average Bonchev–Trinajstić information content (AvgIpc) is 3.37. The number of aliphatic hydroxyl groups excluding tert-OH is 2. The summed E-state index contributed by atoms with van der Waals surface area (Å²) in [6.07, 6.45) is -1.97. The SMILES string of the molecule is COCCOCCOCCN(CCN(CCOCCOCCOC)CC(O)CN1CCN(CC(=O)[O-])CCN(CC(=O)[O-])CCN(CC(=O)[O-])CC1)CC(O)CN1CCN(CC(=O)[O-])CCN(CC(=O)[O-])CCN(CC(=O)[O-])CC1.[Gd+3].[Gd+3]. The molecule has 82 heavy (non-hydrogen) atoms. The van der Waals surface area contributed by atoms with Gasteiger partial charge in [-0.05, 0) is 0 Å². The second-order valence-electron chi connectivity index (χ2n) is 19.8. The van der Waals surface area contributed by atoms with E-state index < -0.39 is 87.3 Å². The summed E-state index contributed by atoms with van der Waals surface area (Å²) in [5.41, 5.74) is 0. The number of nitrogens with zero attached hydrogens (tertiary/aromatic N) is 10. The van der Waals surface area contributed by atoms with Crippen molar-refractivity contribution >= 4 is 35.8 Å². The van der Waals surface area contributed by atoms with Crippen LogP contribution in [0.3, 0.4) is 0 Å². The topological polar surface area (TPSA) is 369 Å². The molecule has 2 fully saturated rings. The Labute approximate surface area is 547 Å². The molecule has 2 rings (SSSR count). The molecule has 0 saturated carbocycles. The van der Waals surface area contributed by atoms with Crippen LogP contribution in [0.15, 0.2) is 0 Å². The van der Waals surface area contributed by atoms with Gasteiger partial charge in [0.25, 0.3) is 0 Å². The molecule has 2 aliphatic rings. The van der Waals surface area contributed by atoms with Gasteiger partial charge in [-0.25, -0.2) is 0 Å². The van der Waals surface area contributed by atoms with E-state index in [9.17, 15) is 69.6 Å². The van der Waals surface area contributed by atoms with E-state index in [-0.39, 0.29) is 224 Å². The predicted molar refractivity (Wildman–Crippen MR) is 273 cm³/mol. The fourth-order valence-corrected chi connectivity index (χ4v) is 9.06. The summed E-state index contributed by atoms with van der Waals surface area (Å²) in [5.74, 6) is -7.94. The van der Waals surface area contributed by atoms with Gasteiger partial charge in [0.2, 0.25) is 0 Å². The number of carbonyl (C=O) groups is 6. The molecule has 2 atom stereocenters. The van der Waals surface area contributed by atoms with Gasteiger partial charge in [-0.3, -0.25) is 49.0 Å². The van der Waals surface area contributed by atoms with Crippen molar-refractivity contribution < 1.29 is 178 Å². The summed E-state index contributed by atoms with van der Waals surface area (Å²) in [6.45, 7) is 6.05. The van der Waals surface area contributed by atoms with Crippen LogP contribution >= 0.6 is 0 Å². The quantitative estimate of drug-likeness (QED) is 0.0537. The third-order valence-corrected chi connectivity index (χ3v) is 13.3. The van der Waals surface area contributed by atoms with Gasteiger partial charge < -0.3 is 98.0 Å². The molecule has 2 unspecified atom stereocenters. The molecule has 2 heterocycles. The van der Waals surface area contributed by atoms with Gasteiger partial charge in [-0.1, -0.05) is 0 Å². The molecule has 2 N–H and O–H groups in total. The van der Waals surface area contributed by atoms with E-state index in [1.807, 2.05) is 19.6 Å². The van der Waals surface area contributed by atoms with Crippen molar-refractivity contribution in [2.24, 2.45) is 0 Å². The number of rotatable bonds is 41. The normalized spacial score (nSPS) is 18.1. The van der Waals surface area contributed by atoms with Crippen LogP contribution in [0, 0.1) is 79.9 Å². The smallest absolute Gasteiger partial charge is 0.549 e. The number of carboxylic acid groups (broad SMARTS) is 6. The van der Waals surface area contributed by atoms with Gasteiger partial charge in [0.1, 0.15) is 0 Å². The van der Waals surface area contributed by atoms with Crippen molar-refractivity contribution in [1.29, 1.82) is 0 Å². The number of carboxylic acids is 6. The molecule has 0 aliphatic carbocycles. The van der Waals surface area contributed by atoms with Gasteiger partial charge in [0.15, 0.2) is 0 Å². The second-order valence-corrected chi connectivity index (χ2v) is 19.8. The predicted octanol–water partition coefficient (Wildman–Crippen LogP) is -13.4. The molecule has 30 nitrogen and oxygen atoms in total. The number of aliphatic hydroxyl groups is 2. The molecule has 2 radical (unpaired) electrons. The zero-order valence-electron chi connectivity index (χ0n) is 47.9. The van der Waals surface area contributed by atoms with E-state index >= 15 is 0 Å².